The number of nitrogens with zero attached hydrogens (tertiary/aromatic N) is 1. The molecule has 0 bridgehead atoms. The Hall–Kier alpha value is -1.35. The summed E-state index contributed by atoms with van der Waals surface area (Å²) in [7, 11) is 0. The van der Waals surface area contributed by atoms with Gasteiger partial charge in [-0.15, -0.1) is 0 Å². The van der Waals surface area contributed by atoms with Crippen LogP contribution < -0.4 is 0 Å². The number of hydrogen-bond donors (Lipinski definition) is 1. The summed E-state index contributed by atoms with van der Waals surface area (Å²) in [5.41, 5.74) is 2.78. The fourth-order valence-corrected chi connectivity index (χ4v) is 2.96. The van der Waals surface area contributed by atoms with Crippen LogP contribution in [0.3, 0.4) is 0 Å². The molecule has 104 valence electrons. The Morgan fingerprint density at radius 3 is 2.63 bits per heavy atom. The fraction of sp³-hybridized carbons (Fsp3) is 0.562. The Balaban J connectivity index is 2.02. The highest BCUT2D eigenvalue weighted by Crippen LogP contribution is 2.25. The molecule has 1 heterocycles. The molecule has 0 aliphatic carbocycles. The molecule has 1 aliphatic rings. The van der Waals surface area contributed by atoms with Crippen molar-refractivity contribution in [2.45, 2.75) is 45.7 Å². The van der Waals surface area contributed by atoms with Crippen LogP contribution in [0.2, 0.25) is 0 Å². The van der Waals surface area contributed by atoms with Crippen LogP contribution in [0.4, 0.5) is 0 Å². The lowest BCUT2D eigenvalue weighted by atomic mass is 9.91. The topological polar surface area (TPSA) is 40.5 Å². The molecule has 0 amide bonds. The number of hydrogen-bond acceptors (Lipinski definition) is 2. The highest BCUT2D eigenvalue weighted by Gasteiger charge is 2.29. The summed E-state index contributed by atoms with van der Waals surface area (Å²) in [4.78, 5) is 13.5. The molecular weight excluding hydrogens is 238 g/mol. The first-order valence-corrected chi connectivity index (χ1v) is 7.15. The van der Waals surface area contributed by atoms with E-state index in [4.69, 9.17) is 5.11 Å². The molecule has 0 saturated carbocycles. The summed E-state index contributed by atoms with van der Waals surface area (Å²) in [6, 6.07) is 8.89. The van der Waals surface area contributed by atoms with E-state index in [0.717, 1.165) is 32.4 Å². The van der Waals surface area contributed by atoms with Crippen LogP contribution in [0.25, 0.3) is 0 Å². The molecule has 3 nitrogen and oxygen atoms in total. The minimum atomic E-state index is -0.638. The number of rotatable bonds is 4. The van der Waals surface area contributed by atoms with Crippen molar-refractivity contribution >= 4 is 5.97 Å². The van der Waals surface area contributed by atoms with Crippen LogP contribution in [0, 0.1) is 5.92 Å². The zero-order valence-electron chi connectivity index (χ0n) is 11.8. The number of aliphatic carboxylic acids is 1. The van der Waals surface area contributed by atoms with Gasteiger partial charge in [-0.1, -0.05) is 31.2 Å². The Labute approximate surface area is 115 Å². The third kappa shape index (κ3) is 3.35. The molecule has 2 atom stereocenters. The fourth-order valence-electron chi connectivity index (χ4n) is 2.96. The number of carboxylic acids is 1. The van der Waals surface area contributed by atoms with Gasteiger partial charge in [0.1, 0.15) is 0 Å². The van der Waals surface area contributed by atoms with Crippen molar-refractivity contribution < 1.29 is 9.90 Å². The molecule has 1 fully saturated rings. The van der Waals surface area contributed by atoms with Crippen molar-refractivity contribution in [3.8, 4) is 0 Å². The average Bonchev–Trinajstić information content (AvgIpc) is 2.41. The van der Waals surface area contributed by atoms with E-state index in [0.29, 0.717) is 6.04 Å². The molecule has 0 radical (unpaired) electrons. The van der Waals surface area contributed by atoms with Gasteiger partial charge in [0.2, 0.25) is 0 Å². The number of likely N-dealkylation sites (tertiary alicyclic amines) is 1. The number of carbonyl (C=O) groups is 1. The molecule has 0 spiro atoms. The highest BCUT2D eigenvalue weighted by molar-refractivity contribution is 5.70. The minimum Gasteiger partial charge on any atom is -0.481 e. The smallest absolute Gasteiger partial charge is 0.306 e. The van der Waals surface area contributed by atoms with E-state index in [9.17, 15) is 4.79 Å². The van der Waals surface area contributed by atoms with E-state index in [2.05, 4.69) is 43.0 Å². The maximum Gasteiger partial charge on any atom is 0.306 e. The second-order valence-electron chi connectivity index (χ2n) is 5.50. The molecule has 2 rings (SSSR count). The van der Waals surface area contributed by atoms with Gasteiger partial charge < -0.3 is 5.11 Å². The number of carboxylic acid groups (broad SMARTS) is 1. The molecular formula is C16H23NO2. The zero-order valence-corrected chi connectivity index (χ0v) is 11.8. The van der Waals surface area contributed by atoms with E-state index < -0.39 is 5.97 Å². The number of piperidine rings is 1. The molecule has 1 aromatic carbocycles. The van der Waals surface area contributed by atoms with Crippen LogP contribution in [-0.4, -0.2) is 28.6 Å². The number of benzene rings is 1. The summed E-state index contributed by atoms with van der Waals surface area (Å²) in [6.45, 7) is 6.15. The third-order valence-electron chi connectivity index (χ3n) is 4.24. The van der Waals surface area contributed by atoms with Gasteiger partial charge in [-0.25, -0.2) is 0 Å². The van der Waals surface area contributed by atoms with E-state index in [-0.39, 0.29) is 5.92 Å². The minimum absolute atomic E-state index is 0.160. The van der Waals surface area contributed by atoms with Crippen LogP contribution in [0.1, 0.15) is 37.8 Å². The first-order valence-electron chi connectivity index (χ1n) is 7.15. The van der Waals surface area contributed by atoms with Crippen LogP contribution in [-0.2, 0) is 17.8 Å². The van der Waals surface area contributed by atoms with Crippen LogP contribution in [0.5, 0.6) is 0 Å². The van der Waals surface area contributed by atoms with Gasteiger partial charge in [0.15, 0.2) is 0 Å². The average molecular weight is 261 g/mol. The quantitative estimate of drug-likeness (QED) is 0.906. The van der Waals surface area contributed by atoms with Gasteiger partial charge in [0.25, 0.3) is 0 Å². The lowest BCUT2D eigenvalue weighted by Crippen LogP contribution is -2.42. The summed E-state index contributed by atoms with van der Waals surface area (Å²) < 4.78 is 0. The highest BCUT2D eigenvalue weighted by atomic mass is 16.4. The SMILES string of the molecule is CCc1ccccc1CN1CCC(C(=O)O)CC1C. The van der Waals surface area contributed by atoms with Crippen molar-refractivity contribution in [3.05, 3.63) is 35.4 Å². The summed E-state index contributed by atoms with van der Waals surface area (Å²) >= 11 is 0. The van der Waals surface area contributed by atoms with Crippen molar-refractivity contribution in [1.82, 2.24) is 4.90 Å². The van der Waals surface area contributed by atoms with Crippen LogP contribution >= 0.6 is 0 Å². The van der Waals surface area contributed by atoms with E-state index in [1.54, 1.807) is 0 Å². The molecule has 19 heavy (non-hydrogen) atoms. The van der Waals surface area contributed by atoms with Crippen molar-refractivity contribution in [1.29, 1.82) is 0 Å². The lowest BCUT2D eigenvalue weighted by molar-refractivity contribution is -0.144. The van der Waals surface area contributed by atoms with Gasteiger partial charge >= 0.3 is 5.97 Å². The Kier molecular flexibility index (Phi) is 4.59. The predicted octanol–water partition coefficient (Wildman–Crippen LogP) is 2.93. The normalized spacial score (nSPS) is 24.3. The zero-order chi connectivity index (χ0) is 13.8. The van der Waals surface area contributed by atoms with E-state index in [1.807, 2.05) is 0 Å². The standard InChI is InChI=1S/C16H23NO2/c1-3-13-6-4-5-7-15(13)11-17-9-8-14(16(18)19)10-12(17)2/h4-7,12,14H,3,8-11H2,1-2H3,(H,18,19). The first-order chi connectivity index (χ1) is 9.11. The van der Waals surface area contributed by atoms with E-state index in [1.165, 1.54) is 11.1 Å². The van der Waals surface area contributed by atoms with Gasteiger partial charge in [-0.2, -0.15) is 0 Å². The second kappa shape index (κ2) is 6.20. The molecule has 1 aromatic rings. The van der Waals surface area contributed by atoms with Crippen molar-refractivity contribution in [2.75, 3.05) is 6.54 Å². The molecule has 1 saturated heterocycles. The van der Waals surface area contributed by atoms with Gasteiger partial charge in [-0.3, -0.25) is 9.69 Å². The summed E-state index contributed by atoms with van der Waals surface area (Å²) in [5, 5.41) is 9.10. The molecule has 0 aromatic heterocycles. The van der Waals surface area contributed by atoms with E-state index >= 15 is 0 Å². The second-order valence-corrected chi connectivity index (χ2v) is 5.50. The molecule has 1 N–H and O–H groups in total. The van der Waals surface area contributed by atoms with Crippen LogP contribution in [0.15, 0.2) is 24.3 Å². The monoisotopic (exact) mass is 261 g/mol. The predicted molar refractivity (Wildman–Crippen MR) is 76.1 cm³/mol. The third-order valence-corrected chi connectivity index (χ3v) is 4.24. The molecule has 3 heteroatoms. The molecule has 2 unspecified atom stereocenters. The van der Waals surface area contributed by atoms with Crippen molar-refractivity contribution in [3.63, 3.8) is 0 Å². The van der Waals surface area contributed by atoms with Crippen molar-refractivity contribution in [2.24, 2.45) is 5.92 Å². The largest absolute Gasteiger partial charge is 0.481 e. The molecule has 1 aliphatic heterocycles. The van der Waals surface area contributed by atoms with Gasteiger partial charge in [-0.05, 0) is 43.9 Å². The Morgan fingerprint density at radius 1 is 1.37 bits per heavy atom. The lowest BCUT2D eigenvalue weighted by Gasteiger charge is -2.36. The van der Waals surface area contributed by atoms with Gasteiger partial charge in [0.05, 0.1) is 5.92 Å². The Morgan fingerprint density at radius 2 is 2.05 bits per heavy atom. The maximum absolute atomic E-state index is 11.0. The first kappa shape index (κ1) is 14.1. The van der Waals surface area contributed by atoms with Gasteiger partial charge in [0, 0.05) is 12.6 Å². The summed E-state index contributed by atoms with van der Waals surface area (Å²) in [6.07, 6.45) is 2.59. The number of aryl methyl sites for hydroxylation is 1. The summed E-state index contributed by atoms with van der Waals surface area (Å²) in [5.74, 6) is -0.798. The maximum atomic E-state index is 11.0. The Bertz CT molecular complexity index is 444.